The van der Waals surface area contributed by atoms with E-state index >= 15 is 0 Å². The van der Waals surface area contributed by atoms with Gasteiger partial charge in [-0.3, -0.25) is 0 Å². The molecule has 2 atom stereocenters. The Kier molecular flexibility index (Phi) is 4.36. The number of nitrogens with zero attached hydrogens (tertiary/aromatic N) is 2. The summed E-state index contributed by atoms with van der Waals surface area (Å²) < 4.78 is 26.0. The summed E-state index contributed by atoms with van der Waals surface area (Å²) in [7, 11) is -0.386. The normalized spacial score (nSPS) is 24.1. The fourth-order valence-corrected chi connectivity index (χ4v) is 3.59. The predicted molar refractivity (Wildman–Crippen MR) is 79.3 cm³/mol. The number of hydrogen-bond acceptors (Lipinski definition) is 4. The molecule has 0 radical (unpaired) electrons. The van der Waals surface area contributed by atoms with Crippen molar-refractivity contribution >= 4 is 15.7 Å². The van der Waals surface area contributed by atoms with Crippen LogP contribution in [0.1, 0.15) is 13.3 Å². The third kappa shape index (κ3) is 2.82. The van der Waals surface area contributed by atoms with Gasteiger partial charge in [-0.15, -0.1) is 0 Å². The Morgan fingerprint density at radius 3 is 2.55 bits per heavy atom. The summed E-state index contributed by atoms with van der Waals surface area (Å²) in [5.74, 6) is 0.138. The first-order valence-electron chi connectivity index (χ1n) is 6.78. The lowest BCUT2D eigenvalue weighted by Gasteiger charge is -2.37. The second-order valence-electron chi connectivity index (χ2n) is 5.53. The molecule has 112 valence electrons. The van der Waals surface area contributed by atoms with Gasteiger partial charge in [0.15, 0.2) is 0 Å². The van der Waals surface area contributed by atoms with Crippen LogP contribution in [0.5, 0.6) is 0 Å². The molecule has 1 aromatic carbocycles. The van der Waals surface area contributed by atoms with Crippen molar-refractivity contribution in [1.82, 2.24) is 4.31 Å². The number of hydrogen-bond donors (Lipinski definition) is 1. The smallest absolute Gasteiger partial charge is 0.244 e. The lowest BCUT2D eigenvalue weighted by Crippen LogP contribution is -2.42. The van der Waals surface area contributed by atoms with Crippen LogP contribution in [0.2, 0.25) is 0 Å². The molecule has 0 saturated carbocycles. The van der Waals surface area contributed by atoms with Gasteiger partial charge >= 0.3 is 0 Å². The number of para-hydroxylation sites is 1. The molecule has 1 fully saturated rings. The molecule has 2 rings (SSSR count). The Hall–Kier alpha value is -1.11. The molecule has 1 aliphatic rings. The van der Waals surface area contributed by atoms with Gasteiger partial charge in [-0.1, -0.05) is 19.1 Å². The van der Waals surface area contributed by atoms with Crippen LogP contribution in [0.4, 0.5) is 5.69 Å². The standard InChI is InChI=1S/C14H22N2O3S/c1-11-10-16(9-8-13(11)17)12-6-4-5-7-14(12)20(18,19)15(2)3/h4-7,11,13,17H,8-10H2,1-3H3. The highest BCUT2D eigenvalue weighted by atomic mass is 32.2. The van der Waals surface area contributed by atoms with E-state index in [0.717, 1.165) is 5.69 Å². The third-order valence-corrected chi connectivity index (χ3v) is 5.69. The summed E-state index contributed by atoms with van der Waals surface area (Å²) >= 11 is 0. The number of benzene rings is 1. The second-order valence-corrected chi connectivity index (χ2v) is 7.65. The summed E-state index contributed by atoms with van der Waals surface area (Å²) in [6.07, 6.45) is 0.362. The van der Waals surface area contributed by atoms with Crippen molar-refractivity contribution in [2.45, 2.75) is 24.3 Å². The molecule has 1 N–H and O–H groups in total. The minimum absolute atomic E-state index is 0.138. The van der Waals surface area contributed by atoms with Crippen LogP contribution in [0.25, 0.3) is 0 Å². The molecule has 0 aliphatic carbocycles. The lowest BCUT2D eigenvalue weighted by atomic mass is 9.96. The number of anilines is 1. The first-order valence-corrected chi connectivity index (χ1v) is 8.22. The first-order chi connectivity index (χ1) is 9.34. The third-order valence-electron chi connectivity index (χ3n) is 3.82. The molecule has 1 aromatic rings. The van der Waals surface area contributed by atoms with Crippen molar-refractivity contribution in [3.05, 3.63) is 24.3 Å². The van der Waals surface area contributed by atoms with Gasteiger partial charge < -0.3 is 10.0 Å². The number of aliphatic hydroxyl groups is 1. The van der Waals surface area contributed by atoms with Crippen molar-refractivity contribution in [1.29, 1.82) is 0 Å². The fourth-order valence-electron chi connectivity index (χ4n) is 2.49. The maximum absolute atomic E-state index is 12.4. The van der Waals surface area contributed by atoms with Gasteiger partial charge in [-0.05, 0) is 24.5 Å². The van der Waals surface area contributed by atoms with Crippen LogP contribution >= 0.6 is 0 Å². The van der Waals surface area contributed by atoms with Crippen LogP contribution in [0.15, 0.2) is 29.2 Å². The molecule has 0 amide bonds. The largest absolute Gasteiger partial charge is 0.393 e. The van der Waals surface area contributed by atoms with E-state index in [2.05, 4.69) is 0 Å². The van der Waals surface area contributed by atoms with Crippen molar-refractivity contribution < 1.29 is 13.5 Å². The summed E-state index contributed by atoms with van der Waals surface area (Å²) in [6, 6.07) is 7.06. The Bertz CT molecular complexity index is 572. The lowest BCUT2D eigenvalue weighted by molar-refractivity contribution is 0.0969. The van der Waals surface area contributed by atoms with Gasteiger partial charge in [0.2, 0.25) is 10.0 Å². The zero-order chi connectivity index (χ0) is 14.9. The number of rotatable bonds is 3. The molecule has 0 aromatic heterocycles. The summed E-state index contributed by atoms with van der Waals surface area (Å²) in [4.78, 5) is 2.38. The minimum Gasteiger partial charge on any atom is -0.393 e. The fraction of sp³-hybridized carbons (Fsp3) is 0.571. The van der Waals surface area contributed by atoms with Crippen LogP contribution in [0.3, 0.4) is 0 Å². The zero-order valence-electron chi connectivity index (χ0n) is 12.2. The molecular weight excluding hydrogens is 276 g/mol. The van der Waals surface area contributed by atoms with E-state index in [1.165, 1.54) is 18.4 Å². The highest BCUT2D eigenvalue weighted by molar-refractivity contribution is 7.89. The monoisotopic (exact) mass is 298 g/mol. The molecule has 0 bridgehead atoms. The van der Waals surface area contributed by atoms with Gasteiger partial charge in [0.25, 0.3) is 0 Å². The highest BCUT2D eigenvalue weighted by Gasteiger charge is 2.29. The van der Waals surface area contributed by atoms with Crippen molar-refractivity contribution in [3.63, 3.8) is 0 Å². The SMILES string of the molecule is CC1CN(c2ccccc2S(=O)(=O)N(C)C)CCC1O. The van der Waals surface area contributed by atoms with E-state index < -0.39 is 10.0 Å². The van der Waals surface area contributed by atoms with Crippen LogP contribution in [0, 0.1) is 5.92 Å². The maximum Gasteiger partial charge on any atom is 0.244 e. The average molecular weight is 298 g/mol. The summed E-state index contributed by atoms with van der Waals surface area (Å²) in [5, 5.41) is 9.81. The van der Waals surface area contributed by atoms with E-state index in [1.54, 1.807) is 12.1 Å². The summed E-state index contributed by atoms with van der Waals surface area (Å²) in [5.41, 5.74) is 0.722. The maximum atomic E-state index is 12.4. The van der Waals surface area contributed by atoms with E-state index in [1.807, 2.05) is 24.0 Å². The summed E-state index contributed by atoms with van der Waals surface area (Å²) in [6.45, 7) is 3.33. The van der Waals surface area contributed by atoms with Gasteiger partial charge in [0.1, 0.15) is 4.90 Å². The van der Waals surface area contributed by atoms with E-state index in [-0.39, 0.29) is 12.0 Å². The van der Waals surface area contributed by atoms with E-state index in [0.29, 0.717) is 24.4 Å². The number of aliphatic hydroxyl groups excluding tert-OH is 1. The number of sulfonamides is 1. The van der Waals surface area contributed by atoms with E-state index in [4.69, 9.17) is 0 Å². The molecular formula is C14H22N2O3S. The number of piperidine rings is 1. The van der Waals surface area contributed by atoms with Crippen molar-refractivity contribution in [2.24, 2.45) is 5.92 Å². The Morgan fingerprint density at radius 2 is 1.95 bits per heavy atom. The molecule has 1 saturated heterocycles. The Morgan fingerprint density at radius 1 is 1.30 bits per heavy atom. The van der Waals surface area contributed by atoms with Gasteiger partial charge in [-0.25, -0.2) is 12.7 Å². The van der Waals surface area contributed by atoms with Crippen molar-refractivity contribution in [2.75, 3.05) is 32.1 Å². The second kappa shape index (κ2) is 5.71. The highest BCUT2D eigenvalue weighted by Crippen LogP contribution is 2.30. The van der Waals surface area contributed by atoms with Crippen LogP contribution < -0.4 is 4.90 Å². The predicted octanol–water partition coefficient (Wildman–Crippen LogP) is 1.14. The topological polar surface area (TPSA) is 60.9 Å². The Labute approximate surface area is 120 Å². The van der Waals surface area contributed by atoms with Crippen molar-refractivity contribution in [3.8, 4) is 0 Å². The molecule has 1 heterocycles. The van der Waals surface area contributed by atoms with Gasteiger partial charge in [0, 0.05) is 27.2 Å². The van der Waals surface area contributed by atoms with E-state index in [9.17, 15) is 13.5 Å². The molecule has 5 nitrogen and oxygen atoms in total. The van der Waals surface area contributed by atoms with Crippen LogP contribution in [-0.4, -0.2) is 51.1 Å². The molecule has 0 spiro atoms. The molecule has 6 heteroatoms. The quantitative estimate of drug-likeness (QED) is 0.909. The molecule has 2 unspecified atom stereocenters. The van der Waals surface area contributed by atoms with Gasteiger partial charge in [-0.2, -0.15) is 0 Å². The van der Waals surface area contributed by atoms with Crippen LogP contribution in [-0.2, 0) is 10.0 Å². The zero-order valence-corrected chi connectivity index (χ0v) is 13.0. The molecule has 1 aliphatic heterocycles. The average Bonchev–Trinajstić information content (AvgIpc) is 2.41. The minimum atomic E-state index is -3.46. The first kappa shape index (κ1) is 15.3. The molecule has 20 heavy (non-hydrogen) atoms. The van der Waals surface area contributed by atoms with Gasteiger partial charge in [0.05, 0.1) is 11.8 Å². The Balaban J connectivity index is 2.39.